The molecule has 1 N–H and O–H groups in total. The fourth-order valence-corrected chi connectivity index (χ4v) is 4.56. The molecule has 1 heterocycles. The number of amides is 1. The molecule has 1 saturated heterocycles. The number of morpholine rings is 1. The third-order valence-electron chi connectivity index (χ3n) is 4.32. The van der Waals surface area contributed by atoms with Crippen molar-refractivity contribution >= 4 is 50.5 Å². The van der Waals surface area contributed by atoms with Crippen molar-refractivity contribution < 1.29 is 27.6 Å². The van der Waals surface area contributed by atoms with E-state index < -0.39 is 33.1 Å². The Hall–Kier alpha value is -2.44. The molecule has 1 amide bonds. The first-order chi connectivity index (χ1) is 14.7. The third-order valence-corrected chi connectivity index (χ3v) is 7.03. The molecule has 0 aromatic heterocycles. The number of carbonyl (C=O) groups excluding carboxylic acids is 1. The minimum Gasteiger partial charge on any atom is -0.477 e. The Morgan fingerprint density at radius 2 is 1.94 bits per heavy atom. The highest BCUT2D eigenvalue weighted by molar-refractivity contribution is 7.89. The Kier molecular flexibility index (Phi) is 7.34. The van der Waals surface area contributed by atoms with Crippen molar-refractivity contribution in [3.8, 4) is 5.75 Å². The molecule has 31 heavy (non-hydrogen) atoms. The first-order valence-corrected chi connectivity index (χ1v) is 11.1. The predicted octanol–water partition coefficient (Wildman–Crippen LogP) is 2.94. The van der Waals surface area contributed by atoms with Crippen molar-refractivity contribution in [3.05, 3.63) is 56.6 Å². The lowest BCUT2D eigenvalue weighted by Gasteiger charge is -2.26. The van der Waals surface area contributed by atoms with Crippen LogP contribution in [-0.4, -0.2) is 56.5 Å². The van der Waals surface area contributed by atoms with Crippen molar-refractivity contribution in [2.75, 3.05) is 38.2 Å². The molecule has 1 aliphatic heterocycles. The Bertz CT molecular complexity index is 1110. The van der Waals surface area contributed by atoms with Gasteiger partial charge in [-0.15, -0.1) is 0 Å². The lowest BCUT2D eigenvalue weighted by atomic mass is 10.3. The normalized spacial score (nSPS) is 14.8. The molecule has 13 heteroatoms. The van der Waals surface area contributed by atoms with E-state index in [9.17, 15) is 23.3 Å². The molecule has 0 radical (unpaired) electrons. The summed E-state index contributed by atoms with van der Waals surface area (Å²) in [5.41, 5.74) is -0.327. The summed E-state index contributed by atoms with van der Waals surface area (Å²) in [4.78, 5) is 22.6. The molecule has 1 aliphatic rings. The molecule has 10 nitrogen and oxygen atoms in total. The summed E-state index contributed by atoms with van der Waals surface area (Å²) < 4.78 is 37.0. The third kappa shape index (κ3) is 5.43. The molecule has 166 valence electrons. The Morgan fingerprint density at radius 1 is 1.23 bits per heavy atom. The summed E-state index contributed by atoms with van der Waals surface area (Å²) in [5.74, 6) is -0.887. The van der Waals surface area contributed by atoms with Crippen molar-refractivity contribution in [1.29, 1.82) is 0 Å². The van der Waals surface area contributed by atoms with E-state index in [1.54, 1.807) is 12.1 Å². The van der Waals surface area contributed by atoms with E-state index in [4.69, 9.17) is 32.7 Å². The zero-order valence-corrected chi connectivity index (χ0v) is 18.2. The van der Waals surface area contributed by atoms with Gasteiger partial charge in [-0.3, -0.25) is 14.9 Å². The largest absolute Gasteiger partial charge is 0.477 e. The van der Waals surface area contributed by atoms with Crippen LogP contribution in [0, 0.1) is 10.1 Å². The molecule has 0 spiro atoms. The molecular formula is C18H17Cl2N3O7S. The van der Waals surface area contributed by atoms with Gasteiger partial charge in [0.05, 0.1) is 38.8 Å². The average molecular weight is 490 g/mol. The topological polar surface area (TPSA) is 128 Å². The summed E-state index contributed by atoms with van der Waals surface area (Å²) in [7, 11) is -3.93. The summed E-state index contributed by atoms with van der Waals surface area (Å²) in [6, 6.07) is 7.91. The van der Waals surface area contributed by atoms with E-state index in [2.05, 4.69) is 5.32 Å². The highest BCUT2D eigenvalue weighted by atomic mass is 35.5. The number of halogens is 2. The highest BCUT2D eigenvalue weighted by Crippen LogP contribution is 2.32. The van der Waals surface area contributed by atoms with Crippen molar-refractivity contribution in [1.82, 2.24) is 4.31 Å². The molecular weight excluding hydrogens is 473 g/mol. The highest BCUT2D eigenvalue weighted by Gasteiger charge is 2.29. The smallest absolute Gasteiger partial charge is 0.312 e. The molecule has 1 fully saturated rings. The maximum absolute atomic E-state index is 12.7. The lowest BCUT2D eigenvalue weighted by molar-refractivity contribution is -0.386. The van der Waals surface area contributed by atoms with Crippen LogP contribution < -0.4 is 10.1 Å². The number of carbonyl (C=O) groups is 1. The molecule has 0 aliphatic carbocycles. The number of ether oxygens (including phenoxy) is 2. The van der Waals surface area contributed by atoms with Crippen LogP contribution >= 0.6 is 23.2 Å². The average Bonchev–Trinajstić information content (AvgIpc) is 2.76. The summed E-state index contributed by atoms with van der Waals surface area (Å²) in [5, 5.41) is 14.3. The van der Waals surface area contributed by atoms with Gasteiger partial charge in [0.25, 0.3) is 5.91 Å². The molecule has 0 saturated carbocycles. The molecule has 2 aromatic carbocycles. The molecule has 3 rings (SSSR count). The Morgan fingerprint density at radius 3 is 2.61 bits per heavy atom. The number of anilines is 1. The van der Waals surface area contributed by atoms with Crippen LogP contribution in [0.3, 0.4) is 0 Å². The second-order valence-corrected chi connectivity index (χ2v) is 9.06. The SMILES string of the molecule is O=C(COc1ccc(S(=O)(=O)N2CCOCC2)cc1[N+](=O)[O-])Nc1cccc(Cl)c1Cl. The number of nitro groups is 1. The number of nitrogens with zero attached hydrogens (tertiary/aromatic N) is 2. The fraction of sp³-hybridized carbons (Fsp3) is 0.278. The minimum absolute atomic E-state index is 0.140. The maximum Gasteiger partial charge on any atom is 0.312 e. The number of nitro benzene ring substituents is 1. The van der Waals surface area contributed by atoms with Crippen molar-refractivity contribution in [2.24, 2.45) is 0 Å². The van der Waals surface area contributed by atoms with Gasteiger partial charge in [0.2, 0.25) is 10.0 Å². The van der Waals surface area contributed by atoms with E-state index >= 15 is 0 Å². The van der Waals surface area contributed by atoms with Crippen LogP contribution in [0.15, 0.2) is 41.3 Å². The first kappa shape index (κ1) is 23.2. The van der Waals surface area contributed by atoms with Crippen LogP contribution in [-0.2, 0) is 19.6 Å². The van der Waals surface area contributed by atoms with Crippen molar-refractivity contribution in [3.63, 3.8) is 0 Å². The summed E-state index contributed by atoms with van der Waals surface area (Å²) in [6.45, 7) is 0.225. The van der Waals surface area contributed by atoms with Gasteiger partial charge < -0.3 is 14.8 Å². The van der Waals surface area contributed by atoms with Crippen LogP contribution in [0.25, 0.3) is 0 Å². The Balaban J connectivity index is 1.75. The summed E-state index contributed by atoms with van der Waals surface area (Å²) in [6.07, 6.45) is 0. The second kappa shape index (κ2) is 9.79. The lowest BCUT2D eigenvalue weighted by Crippen LogP contribution is -2.40. The van der Waals surface area contributed by atoms with Crippen LogP contribution in [0.5, 0.6) is 5.75 Å². The number of sulfonamides is 1. The number of hydrogen-bond donors (Lipinski definition) is 1. The van der Waals surface area contributed by atoms with Gasteiger partial charge in [0.15, 0.2) is 12.4 Å². The van der Waals surface area contributed by atoms with Crippen LogP contribution in [0.4, 0.5) is 11.4 Å². The molecule has 0 unspecified atom stereocenters. The molecule has 0 atom stereocenters. The minimum atomic E-state index is -3.93. The monoisotopic (exact) mass is 489 g/mol. The summed E-state index contributed by atoms with van der Waals surface area (Å²) >= 11 is 11.9. The van der Waals surface area contributed by atoms with Crippen LogP contribution in [0.2, 0.25) is 10.0 Å². The standard InChI is InChI=1S/C18H17Cl2N3O7S/c19-13-2-1-3-14(18(13)20)21-17(24)11-30-16-5-4-12(10-15(16)23(25)26)31(27,28)22-6-8-29-9-7-22/h1-5,10H,6-9,11H2,(H,21,24). The molecule has 2 aromatic rings. The Labute approximate surface area is 187 Å². The van der Waals surface area contributed by atoms with Gasteiger partial charge in [-0.25, -0.2) is 8.42 Å². The first-order valence-electron chi connectivity index (χ1n) is 8.93. The molecule has 0 bridgehead atoms. The number of nitrogens with one attached hydrogen (secondary N) is 1. The second-order valence-electron chi connectivity index (χ2n) is 6.34. The van der Waals surface area contributed by atoms with E-state index in [-0.39, 0.29) is 52.7 Å². The van der Waals surface area contributed by atoms with E-state index in [0.717, 1.165) is 12.1 Å². The fourth-order valence-electron chi connectivity index (χ4n) is 2.79. The van der Waals surface area contributed by atoms with Gasteiger partial charge in [-0.1, -0.05) is 29.3 Å². The van der Waals surface area contributed by atoms with Gasteiger partial charge in [0, 0.05) is 19.2 Å². The van der Waals surface area contributed by atoms with E-state index in [0.29, 0.717) is 0 Å². The van der Waals surface area contributed by atoms with E-state index in [1.165, 1.54) is 16.4 Å². The van der Waals surface area contributed by atoms with Gasteiger partial charge in [0.1, 0.15) is 0 Å². The quantitative estimate of drug-likeness (QED) is 0.467. The van der Waals surface area contributed by atoms with E-state index in [1.807, 2.05) is 0 Å². The maximum atomic E-state index is 12.7. The van der Waals surface area contributed by atoms with Gasteiger partial charge in [-0.2, -0.15) is 4.31 Å². The van der Waals surface area contributed by atoms with Gasteiger partial charge >= 0.3 is 5.69 Å². The van der Waals surface area contributed by atoms with Gasteiger partial charge in [-0.05, 0) is 24.3 Å². The number of hydrogen-bond acceptors (Lipinski definition) is 7. The predicted molar refractivity (Wildman–Crippen MR) is 113 cm³/mol. The number of benzene rings is 2. The van der Waals surface area contributed by atoms with Crippen molar-refractivity contribution in [2.45, 2.75) is 4.90 Å². The number of rotatable bonds is 7. The van der Waals surface area contributed by atoms with Crippen LogP contribution in [0.1, 0.15) is 0 Å². The zero-order chi connectivity index (χ0) is 22.6. The zero-order valence-electron chi connectivity index (χ0n) is 15.9.